The third-order valence-corrected chi connectivity index (χ3v) is 12.9. The van der Waals surface area contributed by atoms with Crippen molar-refractivity contribution in [2.24, 2.45) is 0 Å². The molecule has 0 aliphatic carbocycles. The summed E-state index contributed by atoms with van der Waals surface area (Å²) in [6.45, 7) is 13.1. The summed E-state index contributed by atoms with van der Waals surface area (Å²) in [5.74, 6) is 0.0816. The van der Waals surface area contributed by atoms with Gasteiger partial charge in [-0.2, -0.15) is 0 Å². The SMILES string of the molecule is CN1CCN(CCCN2c3ccccc3Sc3ccc(C(=O)c4ccc5c(c4)N(CCCN4CCN(C)CC4)c4ccccc4S5)cc32)CC1. The zero-order valence-corrected chi connectivity index (χ0v) is 31.0. The van der Waals surface area contributed by atoms with Crippen molar-refractivity contribution in [2.45, 2.75) is 32.4 Å². The minimum atomic E-state index is 0.0816. The van der Waals surface area contributed by atoms with Crippen LogP contribution in [0.2, 0.25) is 0 Å². The summed E-state index contributed by atoms with van der Waals surface area (Å²) >= 11 is 3.62. The highest BCUT2D eigenvalue weighted by molar-refractivity contribution is 8.00. The number of piperazine rings is 2. The first-order valence-corrected chi connectivity index (χ1v) is 19.9. The van der Waals surface area contributed by atoms with Crippen LogP contribution < -0.4 is 9.80 Å². The molecule has 0 aromatic heterocycles. The van der Waals surface area contributed by atoms with Gasteiger partial charge in [-0.25, -0.2) is 0 Å². The average Bonchev–Trinajstić information content (AvgIpc) is 3.15. The van der Waals surface area contributed by atoms with Crippen LogP contribution in [0.25, 0.3) is 0 Å². The van der Waals surface area contributed by atoms with Crippen LogP contribution in [-0.2, 0) is 0 Å². The standard InChI is InChI=1S/C41H48N6OS2/c1-42-21-25-44(26-22-42)17-7-19-46-33-9-3-5-11-37(33)49-39-15-13-31(29-35(39)46)41(48)32-14-16-40-36(30-32)47(34-10-4-6-12-38(34)50-40)20-8-18-45-27-23-43(2)24-28-45/h3-6,9-16,29-30H,7-8,17-28H2,1-2H3. The van der Waals surface area contributed by atoms with Gasteiger partial charge in [-0.1, -0.05) is 47.8 Å². The maximum absolute atomic E-state index is 14.3. The van der Waals surface area contributed by atoms with Gasteiger partial charge in [0.1, 0.15) is 0 Å². The summed E-state index contributed by atoms with van der Waals surface area (Å²) in [4.78, 5) is 34.2. The molecule has 0 amide bonds. The lowest BCUT2D eigenvalue weighted by atomic mass is 10.0. The van der Waals surface area contributed by atoms with Gasteiger partial charge in [0.2, 0.25) is 0 Å². The number of ketones is 1. The van der Waals surface area contributed by atoms with Gasteiger partial charge in [0.15, 0.2) is 5.78 Å². The Balaban J connectivity index is 1.03. The summed E-state index contributed by atoms with van der Waals surface area (Å²) in [7, 11) is 4.42. The van der Waals surface area contributed by atoms with E-state index >= 15 is 0 Å². The fraction of sp³-hybridized carbons (Fsp3) is 0.390. The molecule has 4 aliphatic rings. The van der Waals surface area contributed by atoms with Crippen LogP contribution in [0.1, 0.15) is 28.8 Å². The van der Waals surface area contributed by atoms with Crippen LogP contribution in [0.4, 0.5) is 22.7 Å². The molecule has 4 aliphatic heterocycles. The van der Waals surface area contributed by atoms with Crippen molar-refractivity contribution >= 4 is 52.1 Å². The van der Waals surface area contributed by atoms with Crippen molar-refractivity contribution in [1.82, 2.24) is 19.6 Å². The smallest absolute Gasteiger partial charge is 0.193 e. The third kappa shape index (κ3) is 7.22. The van der Waals surface area contributed by atoms with Crippen LogP contribution in [0.5, 0.6) is 0 Å². The summed E-state index contributed by atoms with van der Waals surface area (Å²) in [6, 6.07) is 30.1. The number of carbonyl (C=O) groups is 1. The van der Waals surface area contributed by atoms with E-state index < -0.39 is 0 Å². The van der Waals surface area contributed by atoms with Gasteiger partial charge in [-0.05, 0) is 101 Å². The molecule has 50 heavy (non-hydrogen) atoms. The van der Waals surface area contributed by atoms with E-state index in [9.17, 15) is 4.79 Å². The Kier molecular flexibility index (Phi) is 10.2. The number of likely N-dealkylation sites (N-methyl/N-ethyl adjacent to an activating group) is 2. The van der Waals surface area contributed by atoms with Crippen molar-refractivity contribution in [3.8, 4) is 0 Å². The highest BCUT2D eigenvalue weighted by Crippen LogP contribution is 2.50. The fourth-order valence-electron chi connectivity index (χ4n) is 7.64. The first-order valence-electron chi connectivity index (χ1n) is 18.2. The number of para-hydroxylation sites is 2. The molecule has 0 bridgehead atoms. The highest BCUT2D eigenvalue weighted by atomic mass is 32.2. The van der Waals surface area contributed by atoms with E-state index in [4.69, 9.17) is 0 Å². The second-order valence-electron chi connectivity index (χ2n) is 14.1. The van der Waals surface area contributed by atoms with Crippen LogP contribution in [0.3, 0.4) is 0 Å². The van der Waals surface area contributed by atoms with Crippen LogP contribution in [0.15, 0.2) is 105 Å². The second kappa shape index (κ2) is 15.1. The number of fused-ring (bicyclic) bond motifs is 4. The molecule has 2 fully saturated rings. The molecule has 0 unspecified atom stereocenters. The Morgan fingerprint density at radius 2 is 0.900 bits per heavy atom. The van der Waals surface area contributed by atoms with Gasteiger partial charge in [0.05, 0.1) is 22.7 Å². The molecule has 0 N–H and O–H groups in total. The lowest BCUT2D eigenvalue weighted by Crippen LogP contribution is -2.45. The van der Waals surface area contributed by atoms with Gasteiger partial charge >= 0.3 is 0 Å². The van der Waals surface area contributed by atoms with E-state index in [2.05, 4.69) is 116 Å². The number of rotatable bonds is 10. The van der Waals surface area contributed by atoms with E-state index in [1.807, 2.05) is 35.7 Å². The molecule has 0 saturated carbocycles. The summed E-state index contributed by atoms with van der Waals surface area (Å²) in [5, 5.41) is 0. The van der Waals surface area contributed by atoms with Crippen molar-refractivity contribution < 1.29 is 4.79 Å². The van der Waals surface area contributed by atoms with E-state index in [0.717, 1.165) is 114 Å². The number of benzene rings is 4. The van der Waals surface area contributed by atoms with E-state index in [1.54, 1.807) is 0 Å². The normalized spacial score (nSPS) is 18.4. The Hall–Kier alpha value is -3.31. The molecule has 4 aromatic rings. The molecule has 8 rings (SSSR count). The number of carbonyl (C=O) groups excluding carboxylic acids is 1. The molecular formula is C41H48N6OS2. The Bertz CT molecular complexity index is 1700. The van der Waals surface area contributed by atoms with Crippen LogP contribution >= 0.6 is 23.5 Å². The Labute approximate surface area is 306 Å². The maximum atomic E-state index is 14.3. The molecule has 260 valence electrons. The minimum Gasteiger partial charge on any atom is -0.340 e. The van der Waals surface area contributed by atoms with Gasteiger partial charge < -0.3 is 29.4 Å². The minimum absolute atomic E-state index is 0.0816. The summed E-state index contributed by atoms with van der Waals surface area (Å²) in [5.41, 5.74) is 6.27. The molecule has 4 aromatic carbocycles. The molecular weight excluding hydrogens is 657 g/mol. The first kappa shape index (κ1) is 33.8. The fourth-order valence-corrected chi connectivity index (χ4v) is 9.79. The summed E-state index contributed by atoms with van der Waals surface area (Å²) in [6.07, 6.45) is 2.16. The monoisotopic (exact) mass is 704 g/mol. The molecule has 0 atom stereocenters. The molecule has 0 spiro atoms. The molecule has 2 saturated heterocycles. The van der Waals surface area contributed by atoms with Crippen LogP contribution in [-0.4, -0.2) is 118 Å². The third-order valence-electron chi connectivity index (χ3n) is 10.7. The largest absolute Gasteiger partial charge is 0.340 e. The average molecular weight is 705 g/mol. The van der Waals surface area contributed by atoms with Crippen LogP contribution in [0, 0.1) is 0 Å². The molecule has 7 nitrogen and oxygen atoms in total. The summed E-state index contributed by atoms with van der Waals surface area (Å²) < 4.78 is 0. The quantitative estimate of drug-likeness (QED) is 0.157. The van der Waals surface area contributed by atoms with Gasteiger partial charge in [0.25, 0.3) is 0 Å². The van der Waals surface area contributed by atoms with Gasteiger partial charge in [-0.15, -0.1) is 0 Å². The lowest BCUT2D eigenvalue weighted by molar-refractivity contribution is 0.103. The zero-order valence-electron chi connectivity index (χ0n) is 29.4. The van der Waals surface area contributed by atoms with E-state index in [-0.39, 0.29) is 5.78 Å². The number of nitrogens with zero attached hydrogens (tertiary/aromatic N) is 6. The first-order chi connectivity index (χ1) is 24.5. The Morgan fingerprint density at radius 3 is 1.34 bits per heavy atom. The van der Waals surface area contributed by atoms with Crippen molar-refractivity contribution in [3.05, 3.63) is 96.1 Å². The number of hydrogen-bond donors (Lipinski definition) is 0. The molecule has 4 heterocycles. The van der Waals surface area contributed by atoms with Gasteiger partial charge in [0, 0.05) is 96.2 Å². The Morgan fingerprint density at radius 1 is 0.500 bits per heavy atom. The topological polar surface area (TPSA) is 36.5 Å². The molecule has 9 heteroatoms. The zero-order chi connectivity index (χ0) is 34.0. The van der Waals surface area contributed by atoms with E-state index in [0.29, 0.717) is 0 Å². The predicted octanol–water partition coefficient (Wildman–Crippen LogP) is 7.40. The second-order valence-corrected chi connectivity index (χ2v) is 16.3. The highest BCUT2D eigenvalue weighted by Gasteiger charge is 2.28. The maximum Gasteiger partial charge on any atom is 0.193 e. The molecule has 0 radical (unpaired) electrons. The van der Waals surface area contributed by atoms with E-state index in [1.165, 1.54) is 31.0 Å². The van der Waals surface area contributed by atoms with Gasteiger partial charge in [-0.3, -0.25) is 4.79 Å². The van der Waals surface area contributed by atoms with Crippen molar-refractivity contribution in [2.75, 3.05) is 102 Å². The van der Waals surface area contributed by atoms with Crippen molar-refractivity contribution in [1.29, 1.82) is 0 Å². The number of anilines is 4. The predicted molar refractivity (Wildman–Crippen MR) is 209 cm³/mol. The number of hydrogen-bond acceptors (Lipinski definition) is 9. The lowest BCUT2D eigenvalue weighted by Gasteiger charge is -2.35. The van der Waals surface area contributed by atoms with Crippen molar-refractivity contribution in [3.63, 3.8) is 0 Å².